The summed E-state index contributed by atoms with van der Waals surface area (Å²) in [6.07, 6.45) is 3.08. The van der Waals surface area contributed by atoms with Gasteiger partial charge in [-0.05, 0) is 48.9 Å². The zero-order valence-electron chi connectivity index (χ0n) is 19.1. The average Bonchev–Trinajstić information content (AvgIpc) is 3.34. The van der Waals surface area contributed by atoms with Crippen LogP contribution in [0.5, 0.6) is 11.5 Å². The molecule has 3 aromatic rings. The van der Waals surface area contributed by atoms with Crippen molar-refractivity contribution < 1.29 is 28.3 Å². The molecule has 2 amide bonds. The smallest absolute Gasteiger partial charge is 0.273 e. The van der Waals surface area contributed by atoms with Crippen LogP contribution in [0.2, 0.25) is 5.02 Å². The fraction of sp³-hybridized carbons (Fsp3) is 0.280. The highest BCUT2D eigenvalue weighted by Gasteiger charge is 2.28. The maximum Gasteiger partial charge on any atom is 0.273 e. The Morgan fingerprint density at radius 1 is 1.20 bits per heavy atom. The van der Waals surface area contributed by atoms with Crippen molar-refractivity contribution in [3.05, 3.63) is 70.9 Å². The molecule has 182 valence electrons. The number of amides is 2. The number of carbonyl (C=O) groups excluding carboxylic acids is 3. The number of rotatable bonds is 10. The summed E-state index contributed by atoms with van der Waals surface area (Å²) in [5.74, 6) is 0.211. The summed E-state index contributed by atoms with van der Waals surface area (Å²) in [5, 5.41) is 3.34. The number of halogens is 1. The number of anilines is 1. The van der Waals surface area contributed by atoms with E-state index in [4.69, 9.17) is 25.5 Å². The molecule has 0 aliphatic carbocycles. The second-order valence-corrected chi connectivity index (χ2v) is 8.29. The van der Waals surface area contributed by atoms with E-state index >= 15 is 0 Å². The van der Waals surface area contributed by atoms with E-state index in [0.29, 0.717) is 34.3 Å². The summed E-state index contributed by atoms with van der Waals surface area (Å²) in [4.78, 5) is 43.2. The first kappa shape index (κ1) is 24.3. The zero-order chi connectivity index (χ0) is 24.8. The minimum Gasteiger partial charge on any atom is -0.485 e. The molecule has 0 unspecified atom stereocenters. The summed E-state index contributed by atoms with van der Waals surface area (Å²) < 4.78 is 16.5. The number of hydrogen-bond donors (Lipinski definition) is 1. The van der Waals surface area contributed by atoms with Crippen LogP contribution in [-0.2, 0) is 11.3 Å². The first-order valence-electron chi connectivity index (χ1n) is 11.2. The van der Waals surface area contributed by atoms with E-state index in [2.05, 4.69) is 10.3 Å². The molecule has 0 spiro atoms. The Labute approximate surface area is 207 Å². The van der Waals surface area contributed by atoms with Crippen molar-refractivity contribution in [1.29, 1.82) is 0 Å². The topological polar surface area (TPSA) is 111 Å². The number of oxazole rings is 1. The normalized spacial score (nSPS) is 12.6. The predicted octanol–water partition coefficient (Wildman–Crippen LogP) is 4.05. The number of nitrogens with one attached hydrogen (secondary N) is 1. The van der Waals surface area contributed by atoms with Crippen molar-refractivity contribution in [1.82, 2.24) is 10.3 Å². The quantitative estimate of drug-likeness (QED) is 0.332. The average molecular weight is 498 g/mol. The molecule has 1 aromatic heterocycles. The number of carbonyl (C=O) groups is 3. The highest BCUT2D eigenvalue weighted by atomic mass is 35.5. The lowest BCUT2D eigenvalue weighted by molar-refractivity contribution is -0.121. The third kappa shape index (κ3) is 5.99. The monoisotopic (exact) mass is 497 g/mol. The van der Waals surface area contributed by atoms with E-state index in [-0.39, 0.29) is 48.9 Å². The SMILES string of the molecule is CCCCNC(=O)c1coc(CN2C(=O)COc3ccc(C(=O)COc4ccc(Cl)cc4)cc32)n1. The van der Waals surface area contributed by atoms with Gasteiger partial charge < -0.3 is 19.2 Å². The molecule has 1 N–H and O–H groups in total. The number of nitrogens with zero attached hydrogens (tertiary/aromatic N) is 2. The van der Waals surface area contributed by atoms with Gasteiger partial charge in [0.25, 0.3) is 11.8 Å². The van der Waals surface area contributed by atoms with Gasteiger partial charge in [0.05, 0.1) is 5.69 Å². The van der Waals surface area contributed by atoms with Crippen LogP contribution < -0.4 is 19.7 Å². The molecule has 0 bridgehead atoms. The minimum atomic E-state index is -0.337. The minimum absolute atomic E-state index is 0.0175. The molecule has 4 rings (SSSR count). The Morgan fingerprint density at radius 3 is 2.77 bits per heavy atom. The number of ether oxygens (including phenoxy) is 2. The summed E-state index contributed by atoms with van der Waals surface area (Å²) in [6, 6.07) is 11.5. The molecule has 0 atom stereocenters. The van der Waals surface area contributed by atoms with Crippen LogP contribution in [0.15, 0.2) is 53.1 Å². The Kier molecular flexibility index (Phi) is 7.67. The molecule has 1 aliphatic heterocycles. The lowest BCUT2D eigenvalue weighted by Crippen LogP contribution is -2.38. The van der Waals surface area contributed by atoms with Crippen molar-refractivity contribution in [3.8, 4) is 11.5 Å². The number of hydrogen-bond acceptors (Lipinski definition) is 7. The Balaban J connectivity index is 1.46. The maximum atomic E-state index is 12.7. The fourth-order valence-electron chi connectivity index (χ4n) is 3.40. The Morgan fingerprint density at radius 2 is 2.00 bits per heavy atom. The van der Waals surface area contributed by atoms with Crippen LogP contribution in [0.3, 0.4) is 0 Å². The van der Waals surface area contributed by atoms with Crippen LogP contribution in [0.4, 0.5) is 5.69 Å². The zero-order valence-corrected chi connectivity index (χ0v) is 19.8. The van der Waals surface area contributed by atoms with Gasteiger partial charge in [-0.25, -0.2) is 4.98 Å². The first-order valence-corrected chi connectivity index (χ1v) is 11.5. The van der Waals surface area contributed by atoms with Gasteiger partial charge >= 0.3 is 0 Å². The van der Waals surface area contributed by atoms with E-state index in [1.807, 2.05) is 6.92 Å². The van der Waals surface area contributed by atoms with Crippen molar-refractivity contribution in [3.63, 3.8) is 0 Å². The summed E-state index contributed by atoms with van der Waals surface area (Å²) in [5.41, 5.74) is 0.899. The molecule has 1 aliphatic rings. The lowest BCUT2D eigenvalue weighted by Gasteiger charge is -2.28. The lowest BCUT2D eigenvalue weighted by atomic mass is 10.1. The number of fused-ring (bicyclic) bond motifs is 1. The third-order valence-electron chi connectivity index (χ3n) is 5.30. The molecule has 0 radical (unpaired) electrons. The van der Waals surface area contributed by atoms with Crippen molar-refractivity contribution in [2.75, 3.05) is 24.7 Å². The van der Waals surface area contributed by atoms with Crippen LogP contribution in [0.1, 0.15) is 46.5 Å². The van der Waals surface area contributed by atoms with Gasteiger partial charge in [0.2, 0.25) is 5.89 Å². The van der Waals surface area contributed by atoms with Crippen LogP contribution in [0, 0.1) is 0 Å². The fourth-order valence-corrected chi connectivity index (χ4v) is 3.53. The molecule has 0 saturated carbocycles. The number of Topliss-reactive ketones (excluding diaryl/α,β-unsaturated/α-hetero) is 1. The van der Waals surface area contributed by atoms with E-state index in [1.54, 1.807) is 42.5 Å². The number of ketones is 1. The van der Waals surface area contributed by atoms with Gasteiger partial charge in [-0.1, -0.05) is 24.9 Å². The van der Waals surface area contributed by atoms with Gasteiger partial charge in [-0.2, -0.15) is 0 Å². The van der Waals surface area contributed by atoms with Crippen LogP contribution in [-0.4, -0.2) is 42.3 Å². The molecule has 0 saturated heterocycles. The molecule has 0 fully saturated rings. The van der Waals surface area contributed by atoms with E-state index in [0.717, 1.165) is 12.8 Å². The summed E-state index contributed by atoms with van der Waals surface area (Å²) >= 11 is 5.87. The van der Waals surface area contributed by atoms with Gasteiger partial charge in [-0.3, -0.25) is 19.3 Å². The molecule has 10 heteroatoms. The van der Waals surface area contributed by atoms with E-state index in [1.165, 1.54) is 11.2 Å². The van der Waals surface area contributed by atoms with E-state index < -0.39 is 0 Å². The van der Waals surface area contributed by atoms with Crippen molar-refractivity contribution in [2.24, 2.45) is 0 Å². The van der Waals surface area contributed by atoms with Gasteiger partial charge in [0.15, 0.2) is 24.7 Å². The van der Waals surface area contributed by atoms with Crippen molar-refractivity contribution >= 4 is 34.9 Å². The first-order chi connectivity index (χ1) is 16.9. The number of benzene rings is 2. The molecule has 9 nitrogen and oxygen atoms in total. The van der Waals surface area contributed by atoms with Crippen LogP contribution >= 0.6 is 11.6 Å². The standard InChI is InChI=1S/C25H24ClN3O6/c1-2-3-10-27-25(32)19-13-35-23(28-19)12-29-20-11-16(4-9-22(20)34-15-24(29)31)21(30)14-33-18-7-5-17(26)6-8-18/h4-9,11,13H,2-3,10,12,14-15H2,1H3,(H,27,32). The Hall–Kier alpha value is -3.85. The highest BCUT2D eigenvalue weighted by Crippen LogP contribution is 2.34. The second-order valence-electron chi connectivity index (χ2n) is 7.85. The van der Waals surface area contributed by atoms with Crippen LogP contribution in [0.25, 0.3) is 0 Å². The molecular formula is C25H24ClN3O6. The molecule has 2 heterocycles. The van der Waals surface area contributed by atoms with E-state index in [9.17, 15) is 14.4 Å². The molecule has 35 heavy (non-hydrogen) atoms. The maximum absolute atomic E-state index is 12.7. The number of aromatic nitrogens is 1. The third-order valence-corrected chi connectivity index (χ3v) is 5.55. The predicted molar refractivity (Wildman–Crippen MR) is 128 cm³/mol. The molecule has 2 aromatic carbocycles. The summed E-state index contributed by atoms with van der Waals surface area (Å²) in [6.45, 7) is 2.21. The number of unbranched alkanes of at least 4 members (excludes halogenated alkanes) is 1. The van der Waals surface area contributed by atoms with Gasteiger partial charge in [0.1, 0.15) is 24.3 Å². The molecular weight excluding hydrogens is 474 g/mol. The largest absolute Gasteiger partial charge is 0.485 e. The van der Waals surface area contributed by atoms with Crippen molar-refractivity contribution in [2.45, 2.75) is 26.3 Å². The second kappa shape index (κ2) is 11.1. The highest BCUT2D eigenvalue weighted by molar-refractivity contribution is 6.30. The summed E-state index contributed by atoms with van der Waals surface area (Å²) in [7, 11) is 0. The van der Waals surface area contributed by atoms with Gasteiger partial charge in [-0.15, -0.1) is 0 Å². The Bertz CT molecular complexity index is 1220. The van der Waals surface area contributed by atoms with Gasteiger partial charge in [0, 0.05) is 17.1 Å².